The molecule has 1 fully saturated rings. The zero-order valence-electron chi connectivity index (χ0n) is 7.93. The van der Waals surface area contributed by atoms with E-state index in [0.717, 1.165) is 31.2 Å². The summed E-state index contributed by atoms with van der Waals surface area (Å²) in [4.78, 5) is 7.51. The third-order valence-electron chi connectivity index (χ3n) is 2.83. The smallest absolute Gasteiger partial charge is 0.313 e. The third kappa shape index (κ3) is 2.01. The Balaban J connectivity index is 2.05. The van der Waals surface area contributed by atoms with E-state index >= 15 is 0 Å². The molecule has 76 valence electrons. The molecule has 4 nitrogen and oxygen atoms in total. The Bertz CT molecular complexity index is 291. The van der Waals surface area contributed by atoms with Crippen LogP contribution < -0.4 is 0 Å². The topological polar surface area (TPSA) is 66.2 Å². The Morgan fingerprint density at radius 3 is 2.21 bits per heavy atom. The fourth-order valence-electron chi connectivity index (χ4n) is 1.95. The van der Waals surface area contributed by atoms with Crippen molar-refractivity contribution in [1.29, 1.82) is 0 Å². The molecule has 0 radical (unpaired) electrons. The number of aliphatic hydroxyl groups excluding tert-OH is 1. The predicted octanol–water partition coefficient (Wildman–Crippen LogP) is 1.20. The first-order valence-electron chi connectivity index (χ1n) is 4.94. The number of aromatic hydroxyl groups is 1. The monoisotopic (exact) mass is 194 g/mol. The van der Waals surface area contributed by atoms with Gasteiger partial charge in [0.15, 0.2) is 0 Å². The number of nitrogens with zero attached hydrogens (tertiary/aromatic N) is 2. The van der Waals surface area contributed by atoms with Crippen molar-refractivity contribution in [2.45, 2.75) is 37.7 Å². The van der Waals surface area contributed by atoms with Gasteiger partial charge in [-0.25, -0.2) is 9.97 Å². The number of hydrogen-bond donors (Lipinski definition) is 2. The highest BCUT2D eigenvalue weighted by atomic mass is 16.3. The second-order valence-corrected chi connectivity index (χ2v) is 3.82. The Kier molecular flexibility index (Phi) is 2.63. The molecule has 14 heavy (non-hydrogen) atoms. The summed E-state index contributed by atoms with van der Waals surface area (Å²) in [6.45, 7) is 0. The summed E-state index contributed by atoms with van der Waals surface area (Å²) in [7, 11) is 0. The van der Waals surface area contributed by atoms with Gasteiger partial charge in [-0.3, -0.25) is 0 Å². The minimum Gasteiger partial charge on any atom is -0.479 e. The van der Waals surface area contributed by atoms with Gasteiger partial charge in [-0.1, -0.05) is 0 Å². The molecule has 1 saturated carbocycles. The van der Waals surface area contributed by atoms with Crippen LogP contribution >= 0.6 is 0 Å². The van der Waals surface area contributed by atoms with E-state index in [2.05, 4.69) is 9.97 Å². The van der Waals surface area contributed by atoms with Crippen LogP contribution in [0.2, 0.25) is 0 Å². The summed E-state index contributed by atoms with van der Waals surface area (Å²) in [6.07, 6.45) is 6.88. The quantitative estimate of drug-likeness (QED) is 0.705. The molecule has 1 aliphatic carbocycles. The van der Waals surface area contributed by atoms with Gasteiger partial charge in [-0.05, 0) is 37.2 Å². The summed E-state index contributed by atoms with van der Waals surface area (Å²) in [6, 6.07) is -0.176. The average molecular weight is 194 g/mol. The summed E-state index contributed by atoms with van der Waals surface area (Å²) in [5.41, 5.74) is 1.06. The van der Waals surface area contributed by atoms with E-state index in [9.17, 15) is 5.11 Å². The molecule has 1 aromatic heterocycles. The Morgan fingerprint density at radius 2 is 1.64 bits per heavy atom. The third-order valence-corrected chi connectivity index (χ3v) is 2.83. The zero-order chi connectivity index (χ0) is 9.97. The summed E-state index contributed by atoms with van der Waals surface area (Å²) in [5.74, 6) is 0.444. The lowest BCUT2D eigenvalue weighted by atomic mass is 9.84. The number of rotatable bonds is 1. The van der Waals surface area contributed by atoms with E-state index in [-0.39, 0.29) is 12.1 Å². The minimum absolute atomic E-state index is 0.135. The number of aromatic nitrogens is 2. The van der Waals surface area contributed by atoms with Crippen molar-refractivity contribution < 1.29 is 10.2 Å². The highest BCUT2D eigenvalue weighted by Gasteiger charge is 2.21. The first kappa shape index (κ1) is 9.40. The fourth-order valence-corrected chi connectivity index (χ4v) is 1.95. The van der Waals surface area contributed by atoms with E-state index in [1.165, 1.54) is 0 Å². The molecule has 0 unspecified atom stereocenters. The van der Waals surface area contributed by atoms with Gasteiger partial charge >= 0.3 is 6.01 Å². The van der Waals surface area contributed by atoms with Crippen LogP contribution in [0, 0.1) is 0 Å². The SMILES string of the molecule is Oc1ncc(C2CCC(O)CC2)cn1. The normalized spacial score (nSPS) is 27.5. The molecule has 2 N–H and O–H groups in total. The van der Waals surface area contributed by atoms with Gasteiger partial charge in [0.1, 0.15) is 0 Å². The van der Waals surface area contributed by atoms with Gasteiger partial charge in [-0.15, -0.1) is 0 Å². The second kappa shape index (κ2) is 3.92. The Labute approximate surface area is 82.6 Å². The lowest BCUT2D eigenvalue weighted by Gasteiger charge is -2.24. The highest BCUT2D eigenvalue weighted by Crippen LogP contribution is 2.32. The zero-order valence-corrected chi connectivity index (χ0v) is 7.93. The van der Waals surface area contributed by atoms with E-state index in [0.29, 0.717) is 5.92 Å². The van der Waals surface area contributed by atoms with Crippen LogP contribution in [0.1, 0.15) is 37.2 Å². The lowest BCUT2D eigenvalue weighted by molar-refractivity contribution is 0.122. The molecule has 0 atom stereocenters. The molecular weight excluding hydrogens is 180 g/mol. The largest absolute Gasteiger partial charge is 0.479 e. The Hall–Kier alpha value is -1.16. The van der Waals surface area contributed by atoms with Crippen LogP contribution in [0.15, 0.2) is 12.4 Å². The van der Waals surface area contributed by atoms with E-state index in [4.69, 9.17) is 5.11 Å². The van der Waals surface area contributed by atoms with E-state index in [1.54, 1.807) is 12.4 Å². The van der Waals surface area contributed by atoms with Crippen LogP contribution in [-0.4, -0.2) is 26.3 Å². The van der Waals surface area contributed by atoms with E-state index in [1.807, 2.05) is 0 Å². The molecule has 0 amide bonds. The van der Waals surface area contributed by atoms with Crippen molar-refractivity contribution in [3.63, 3.8) is 0 Å². The van der Waals surface area contributed by atoms with Crippen LogP contribution in [0.3, 0.4) is 0 Å². The molecular formula is C10H14N2O2. The maximum absolute atomic E-state index is 9.35. The van der Waals surface area contributed by atoms with E-state index < -0.39 is 0 Å². The van der Waals surface area contributed by atoms with Crippen molar-refractivity contribution >= 4 is 0 Å². The molecule has 1 heterocycles. The molecule has 0 aromatic carbocycles. The standard InChI is InChI=1S/C10H14N2O2/c13-9-3-1-7(2-4-9)8-5-11-10(14)12-6-8/h5-7,9,13H,1-4H2,(H,11,12,14). The van der Waals surface area contributed by atoms with Crippen molar-refractivity contribution in [3.8, 4) is 6.01 Å². The summed E-state index contributed by atoms with van der Waals surface area (Å²) < 4.78 is 0. The first-order chi connectivity index (χ1) is 6.75. The van der Waals surface area contributed by atoms with Gasteiger partial charge in [0.2, 0.25) is 0 Å². The number of aliphatic hydroxyl groups is 1. The molecule has 1 aromatic rings. The van der Waals surface area contributed by atoms with Crippen molar-refractivity contribution in [2.75, 3.05) is 0 Å². The predicted molar refractivity (Wildman–Crippen MR) is 50.9 cm³/mol. The van der Waals surface area contributed by atoms with Gasteiger partial charge in [0.05, 0.1) is 6.10 Å². The number of hydrogen-bond acceptors (Lipinski definition) is 4. The molecule has 0 saturated heterocycles. The van der Waals surface area contributed by atoms with Crippen molar-refractivity contribution in [2.24, 2.45) is 0 Å². The Morgan fingerprint density at radius 1 is 1.07 bits per heavy atom. The maximum Gasteiger partial charge on any atom is 0.313 e. The first-order valence-corrected chi connectivity index (χ1v) is 4.94. The molecule has 0 aliphatic heterocycles. The molecule has 2 rings (SSSR count). The fraction of sp³-hybridized carbons (Fsp3) is 0.600. The van der Waals surface area contributed by atoms with Gasteiger partial charge < -0.3 is 10.2 Å². The molecule has 4 heteroatoms. The molecule has 0 spiro atoms. The van der Waals surface area contributed by atoms with Crippen LogP contribution in [0.5, 0.6) is 6.01 Å². The van der Waals surface area contributed by atoms with Gasteiger partial charge in [-0.2, -0.15) is 0 Å². The highest BCUT2D eigenvalue weighted by molar-refractivity contribution is 5.13. The minimum atomic E-state index is -0.176. The van der Waals surface area contributed by atoms with Gasteiger partial charge in [0.25, 0.3) is 0 Å². The molecule has 0 bridgehead atoms. The summed E-state index contributed by atoms with van der Waals surface area (Å²) >= 11 is 0. The lowest BCUT2D eigenvalue weighted by Crippen LogP contribution is -2.17. The average Bonchev–Trinajstić information content (AvgIpc) is 2.21. The van der Waals surface area contributed by atoms with Crippen LogP contribution in [-0.2, 0) is 0 Å². The van der Waals surface area contributed by atoms with Crippen LogP contribution in [0.25, 0.3) is 0 Å². The van der Waals surface area contributed by atoms with Crippen LogP contribution in [0.4, 0.5) is 0 Å². The summed E-state index contributed by atoms with van der Waals surface area (Å²) in [5, 5.41) is 18.3. The second-order valence-electron chi connectivity index (χ2n) is 3.82. The molecule has 1 aliphatic rings. The van der Waals surface area contributed by atoms with Crippen molar-refractivity contribution in [1.82, 2.24) is 9.97 Å². The maximum atomic E-state index is 9.35. The van der Waals surface area contributed by atoms with Gasteiger partial charge in [0, 0.05) is 12.4 Å². The van der Waals surface area contributed by atoms with Crippen molar-refractivity contribution in [3.05, 3.63) is 18.0 Å².